The van der Waals surface area contributed by atoms with E-state index in [1.807, 2.05) is 5.32 Å². The van der Waals surface area contributed by atoms with E-state index in [-0.39, 0.29) is 28.5 Å². The molecule has 1 heterocycles. The summed E-state index contributed by atoms with van der Waals surface area (Å²) in [5, 5.41) is 35.0. The summed E-state index contributed by atoms with van der Waals surface area (Å²) in [7, 11) is 0. The molecule has 0 unspecified atom stereocenters. The number of aliphatic carboxylic acids is 1. The molecule has 0 atom stereocenters. The summed E-state index contributed by atoms with van der Waals surface area (Å²) in [4.78, 5) is 55.3. The van der Waals surface area contributed by atoms with Gasteiger partial charge in [0.15, 0.2) is 0 Å². The Balaban J connectivity index is 2.03. The Labute approximate surface area is 159 Å². The van der Waals surface area contributed by atoms with Gasteiger partial charge in [-0.2, -0.15) is 0 Å². The molecule has 2 rings (SSSR count). The number of carboxylic acids is 2. The van der Waals surface area contributed by atoms with Crippen LogP contribution in [0, 0.1) is 10.1 Å². The molecule has 0 spiro atoms. The van der Waals surface area contributed by atoms with Crippen LogP contribution in [0.1, 0.15) is 15.2 Å². The van der Waals surface area contributed by atoms with Gasteiger partial charge >= 0.3 is 23.9 Å². The number of benzene rings is 1. The summed E-state index contributed by atoms with van der Waals surface area (Å²) in [6.07, 6.45) is 0. The number of nitrogens with zero attached hydrogens (tertiary/aromatic N) is 1. The molecule has 0 radical (unpaired) electrons. The van der Waals surface area contributed by atoms with Crippen LogP contribution in [-0.4, -0.2) is 39.0 Å². The molecule has 0 saturated heterocycles. The minimum atomic E-state index is -1.78. The van der Waals surface area contributed by atoms with Crippen LogP contribution in [0.5, 0.6) is 0 Å². The molecule has 13 heteroatoms. The number of anilines is 2. The van der Waals surface area contributed by atoms with Gasteiger partial charge in [0.2, 0.25) is 0 Å². The van der Waals surface area contributed by atoms with Crippen molar-refractivity contribution in [3.8, 4) is 0 Å². The number of thiophene rings is 1. The van der Waals surface area contributed by atoms with Crippen LogP contribution in [0.25, 0.3) is 0 Å². The number of carbonyl (C=O) groups is 4. The van der Waals surface area contributed by atoms with Crippen LogP contribution in [0.3, 0.4) is 0 Å². The molecular weight excluding hydrogens is 396 g/mol. The molecule has 1 aromatic carbocycles. The highest BCUT2D eigenvalue weighted by Crippen LogP contribution is 2.28. The van der Waals surface area contributed by atoms with Gasteiger partial charge in [-0.1, -0.05) is 6.07 Å². The number of non-ortho nitro benzene ring substituents is 1. The zero-order valence-electron chi connectivity index (χ0n) is 13.8. The number of rotatable bonds is 6. The van der Waals surface area contributed by atoms with Crippen LogP contribution in [-0.2, 0) is 16.1 Å². The normalized spacial score (nSPS) is 10.0. The van der Waals surface area contributed by atoms with Crippen LogP contribution >= 0.6 is 11.3 Å². The number of nitro groups is 1. The van der Waals surface area contributed by atoms with Gasteiger partial charge in [0.05, 0.1) is 17.0 Å². The zero-order chi connectivity index (χ0) is 20.8. The Morgan fingerprint density at radius 1 is 1.11 bits per heavy atom. The monoisotopic (exact) mass is 408 g/mol. The Bertz CT molecular complexity index is 971. The summed E-state index contributed by atoms with van der Waals surface area (Å²) in [6.45, 7) is -0.130. The van der Waals surface area contributed by atoms with Gasteiger partial charge in [0.1, 0.15) is 5.00 Å². The van der Waals surface area contributed by atoms with Gasteiger partial charge in [-0.15, -0.1) is 11.3 Å². The van der Waals surface area contributed by atoms with E-state index < -0.39 is 28.8 Å². The van der Waals surface area contributed by atoms with Crippen LogP contribution in [0.15, 0.2) is 30.3 Å². The first-order chi connectivity index (χ1) is 13.2. The molecule has 1 aromatic heterocycles. The molecule has 0 aliphatic heterocycles. The van der Waals surface area contributed by atoms with E-state index in [4.69, 9.17) is 10.2 Å². The average Bonchev–Trinajstić information content (AvgIpc) is 3.03. The highest BCUT2D eigenvalue weighted by molar-refractivity contribution is 7.16. The summed E-state index contributed by atoms with van der Waals surface area (Å²) < 4.78 is 0. The molecule has 0 bridgehead atoms. The predicted molar refractivity (Wildman–Crippen MR) is 96.5 cm³/mol. The quantitative estimate of drug-likeness (QED) is 0.271. The number of hydrogen-bond acceptors (Lipinski definition) is 7. The van der Waals surface area contributed by atoms with Crippen molar-refractivity contribution in [2.45, 2.75) is 6.54 Å². The third kappa shape index (κ3) is 5.25. The first-order valence-corrected chi connectivity index (χ1v) is 8.18. The second kappa shape index (κ2) is 8.59. The number of carboxylic acid groups (broad SMARTS) is 2. The second-order valence-corrected chi connectivity index (χ2v) is 6.27. The number of carbonyl (C=O) groups excluding carboxylic acids is 2. The lowest BCUT2D eigenvalue weighted by Crippen LogP contribution is -2.27. The largest absolute Gasteiger partial charge is 0.478 e. The maximum absolute atomic E-state index is 11.9. The first kappa shape index (κ1) is 20.3. The summed E-state index contributed by atoms with van der Waals surface area (Å²) in [6, 6.07) is 5.73. The van der Waals surface area contributed by atoms with Crippen molar-refractivity contribution in [1.82, 2.24) is 5.32 Å². The smallest absolute Gasteiger partial charge is 0.394 e. The molecule has 0 fully saturated rings. The Hall–Kier alpha value is -4.00. The van der Waals surface area contributed by atoms with Crippen molar-refractivity contribution in [2.24, 2.45) is 0 Å². The van der Waals surface area contributed by atoms with Crippen molar-refractivity contribution < 1.29 is 34.3 Å². The Kier molecular flexibility index (Phi) is 6.23. The fourth-order valence-corrected chi connectivity index (χ4v) is 2.96. The van der Waals surface area contributed by atoms with Gasteiger partial charge < -0.3 is 26.2 Å². The standard InChI is InChI=1S/C15H12N4O8S/c20-11(14(23)24)18-12-10(13(21)22)5-9(28-12)6-16-15(25)17-7-2-1-3-8(4-7)19(26)27/h1-5H,6H2,(H,18,20)(H,21,22)(H,23,24)(H2,16,17,25). The first-order valence-electron chi connectivity index (χ1n) is 7.37. The fraction of sp³-hybridized carbons (Fsp3) is 0.0667. The van der Waals surface area contributed by atoms with E-state index >= 15 is 0 Å². The molecule has 12 nitrogen and oxygen atoms in total. The van der Waals surface area contributed by atoms with Crippen molar-refractivity contribution in [3.63, 3.8) is 0 Å². The molecule has 2 aromatic rings. The van der Waals surface area contributed by atoms with E-state index in [9.17, 15) is 29.3 Å². The van der Waals surface area contributed by atoms with Gasteiger partial charge in [0.25, 0.3) is 5.69 Å². The molecule has 3 amide bonds. The maximum Gasteiger partial charge on any atom is 0.394 e. The highest BCUT2D eigenvalue weighted by atomic mass is 32.1. The fourth-order valence-electron chi connectivity index (χ4n) is 1.98. The van der Waals surface area contributed by atoms with E-state index in [0.29, 0.717) is 4.88 Å². The van der Waals surface area contributed by atoms with Crippen LogP contribution in [0.4, 0.5) is 21.2 Å². The summed E-state index contributed by atoms with van der Waals surface area (Å²) >= 11 is 0.780. The zero-order valence-corrected chi connectivity index (χ0v) is 14.6. The van der Waals surface area contributed by atoms with Crippen LogP contribution in [0.2, 0.25) is 0 Å². The lowest BCUT2D eigenvalue weighted by atomic mass is 10.3. The number of aromatic carboxylic acids is 1. The third-order valence-electron chi connectivity index (χ3n) is 3.17. The van der Waals surface area contributed by atoms with Gasteiger partial charge in [0, 0.05) is 22.7 Å². The van der Waals surface area contributed by atoms with E-state index in [1.54, 1.807) is 0 Å². The molecule has 0 aliphatic rings. The highest BCUT2D eigenvalue weighted by Gasteiger charge is 2.20. The van der Waals surface area contributed by atoms with Gasteiger partial charge in [-0.3, -0.25) is 14.9 Å². The van der Waals surface area contributed by atoms with Crippen molar-refractivity contribution in [2.75, 3.05) is 10.6 Å². The topological polar surface area (TPSA) is 188 Å². The minimum Gasteiger partial charge on any atom is -0.478 e. The van der Waals surface area contributed by atoms with Crippen molar-refractivity contribution in [3.05, 3.63) is 50.9 Å². The lowest BCUT2D eigenvalue weighted by Gasteiger charge is -2.06. The average molecular weight is 408 g/mol. The molecular formula is C15H12N4O8S. The molecule has 0 aliphatic carbocycles. The van der Waals surface area contributed by atoms with E-state index in [1.165, 1.54) is 24.3 Å². The minimum absolute atomic E-state index is 0.130. The Morgan fingerprint density at radius 3 is 2.43 bits per heavy atom. The summed E-state index contributed by atoms with van der Waals surface area (Å²) in [5.41, 5.74) is -0.352. The Morgan fingerprint density at radius 2 is 1.82 bits per heavy atom. The molecule has 146 valence electrons. The van der Waals surface area contributed by atoms with Gasteiger partial charge in [-0.05, 0) is 12.1 Å². The van der Waals surface area contributed by atoms with Crippen LogP contribution < -0.4 is 16.0 Å². The number of hydrogen-bond donors (Lipinski definition) is 5. The number of urea groups is 1. The second-order valence-electron chi connectivity index (χ2n) is 5.14. The number of nitrogens with one attached hydrogen (secondary N) is 3. The van der Waals surface area contributed by atoms with E-state index in [2.05, 4.69) is 10.6 Å². The summed E-state index contributed by atoms with van der Waals surface area (Å²) in [5.74, 6) is -4.56. The van der Waals surface area contributed by atoms with Crippen molar-refractivity contribution >= 4 is 51.6 Å². The molecule has 0 saturated carbocycles. The maximum atomic E-state index is 11.9. The third-order valence-corrected chi connectivity index (χ3v) is 4.22. The molecule has 5 N–H and O–H groups in total. The van der Waals surface area contributed by atoms with Crippen molar-refractivity contribution in [1.29, 1.82) is 0 Å². The van der Waals surface area contributed by atoms with Gasteiger partial charge in [-0.25, -0.2) is 14.4 Å². The molecule has 28 heavy (non-hydrogen) atoms. The number of nitro benzene ring substituents is 1. The SMILES string of the molecule is O=C(NCc1cc(C(=O)O)c(NC(=O)C(=O)O)s1)Nc1cccc([N+](=O)[O-])c1. The van der Waals surface area contributed by atoms with E-state index in [0.717, 1.165) is 17.4 Å². The number of amides is 3. The predicted octanol–water partition coefficient (Wildman–Crippen LogP) is 1.70. The lowest BCUT2D eigenvalue weighted by molar-refractivity contribution is -0.384.